The molecule has 108 valence electrons. The first-order chi connectivity index (χ1) is 10.0. The second-order valence-corrected chi connectivity index (χ2v) is 6.16. The number of aromatic nitrogens is 4. The number of nitrogens with one attached hydrogen (secondary N) is 1. The van der Waals surface area contributed by atoms with E-state index >= 15 is 0 Å². The number of thiazole rings is 1. The molecular formula is C14H15N5OS. The molecule has 3 rings (SSSR count). The third kappa shape index (κ3) is 2.64. The Hall–Kier alpha value is -2.28. The van der Waals surface area contributed by atoms with Gasteiger partial charge in [0, 0.05) is 18.1 Å². The summed E-state index contributed by atoms with van der Waals surface area (Å²) in [6.07, 6.45) is 5.12. The van der Waals surface area contributed by atoms with Gasteiger partial charge >= 0.3 is 0 Å². The molecule has 0 spiro atoms. The van der Waals surface area contributed by atoms with E-state index < -0.39 is 0 Å². The van der Waals surface area contributed by atoms with Gasteiger partial charge in [0.2, 0.25) is 0 Å². The van der Waals surface area contributed by atoms with Crippen LogP contribution in [0.2, 0.25) is 0 Å². The van der Waals surface area contributed by atoms with E-state index in [1.165, 1.54) is 0 Å². The van der Waals surface area contributed by atoms with Gasteiger partial charge in [-0.15, -0.1) is 11.3 Å². The van der Waals surface area contributed by atoms with Gasteiger partial charge in [0.1, 0.15) is 11.2 Å². The van der Waals surface area contributed by atoms with E-state index in [1.54, 1.807) is 36.1 Å². The van der Waals surface area contributed by atoms with Crippen LogP contribution in [0, 0.1) is 6.92 Å². The summed E-state index contributed by atoms with van der Waals surface area (Å²) in [6.45, 7) is 3.88. The summed E-state index contributed by atoms with van der Waals surface area (Å²) in [4.78, 5) is 25.9. The molecule has 0 bridgehead atoms. The lowest BCUT2D eigenvalue weighted by atomic mass is 10.2. The van der Waals surface area contributed by atoms with E-state index in [4.69, 9.17) is 0 Å². The van der Waals surface area contributed by atoms with Gasteiger partial charge in [0.25, 0.3) is 5.91 Å². The Kier molecular flexibility index (Phi) is 3.42. The molecule has 0 fully saturated rings. The molecule has 1 N–H and O–H groups in total. The van der Waals surface area contributed by atoms with Crippen LogP contribution in [0.3, 0.4) is 0 Å². The van der Waals surface area contributed by atoms with E-state index in [2.05, 4.69) is 20.3 Å². The van der Waals surface area contributed by atoms with Gasteiger partial charge in [-0.1, -0.05) is 0 Å². The maximum absolute atomic E-state index is 12.3. The normalized spacial score (nSPS) is 12.5. The number of carbonyl (C=O) groups excluding carboxylic acids is 1. The summed E-state index contributed by atoms with van der Waals surface area (Å²) in [6, 6.07) is 1.66. The highest BCUT2D eigenvalue weighted by molar-refractivity contribution is 7.11. The third-order valence-corrected chi connectivity index (χ3v) is 4.35. The number of hydrogen-bond donors (Lipinski definition) is 1. The summed E-state index contributed by atoms with van der Waals surface area (Å²) in [5, 5.41) is 3.93. The van der Waals surface area contributed by atoms with Crippen molar-refractivity contribution in [2.45, 2.75) is 19.9 Å². The zero-order chi connectivity index (χ0) is 15.0. The number of imidazole rings is 1. The predicted octanol–water partition coefficient (Wildman–Crippen LogP) is 2.22. The first kappa shape index (κ1) is 13.7. The minimum atomic E-state index is -0.198. The van der Waals surface area contributed by atoms with Crippen LogP contribution in [0.1, 0.15) is 33.3 Å². The summed E-state index contributed by atoms with van der Waals surface area (Å²) >= 11 is 1.58. The number of nitrogens with zero attached hydrogens (tertiary/aromatic N) is 4. The van der Waals surface area contributed by atoms with Crippen molar-refractivity contribution >= 4 is 28.3 Å². The fraction of sp³-hybridized carbons (Fsp3) is 0.286. The molecule has 21 heavy (non-hydrogen) atoms. The fourth-order valence-electron chi connectivity index (χ4n) is 2.07. The van der Waals surface area contributed by atoms with Gasteiger partial charge in [-0.3, -0.25) is 4.79 Å². The molecular weight excluding hydrogens is 286 g/mol. The Bertz CT molecular complexity index is 807. The molecule has 0 aromatic carbocycles. The second kappa shape index (κ2) is 5.25. The van der Waals surface area contributed by atoms with Gasteiger partial charge in [0.15, 0.2) is 0 Å². The lowest BCUT2D eigenvalue weighted by molar-refractivity contribution is 0.0935. The highest BCUT2D eigenvalue weighted by Crippen LogP contribution is 2.20. The first-order valence-electron chi connectivity index (χ1n) is 6.55. The van der Waals surface area contributed by atoms with Crippen molar-refractivity contribution in [3.8, 4) is 0 Å². The van der Waals surface area contributed by atoms with Gasteiger partial charge in [-0.2, -0.15) is 0 Å². The molecule has 0 aliphatic rings. The smallest absolute Gasteiger partial charge is 0.270 e. The lowest BCUT2D eigenvalue weighted by Crippen LogP contribution is -2.26. The number of hydrogen-bond acceptors (Lipinski definition) is 5. The van der Waals surface area contributed by atoms with Crippen LogP contribution in [0.4, 0.5) is 0 Å². The molecule has 7 heteroatoms. The van der Waals surface area contributed by atoms with Crippen molar-refractivity contribution in [2.75, 3.05) is 0 Å². The number of fused-ring (bicyclic) bond motifs is 1. The first-order valence-corrected chi connectivity index (χ1v) is 7.36. The van der Waals surface area contributed by atoms with Crippen LogP contribution in [-0.4, -0.2) is 25.4 Å². The fourth-order valence-corrected chi connectivity index (χ4v) is 2.86. The molecule has 1 unspecified atom stereocenters. The quantitative estimate of drug-likeness (QED) is 0.805. The molecule has 1 amide bonds. The van der Waals surface area contributed by atoms with Crippen LogP contribution < -0.4 is 5.32 Å². The zero-order valence-electron chi connectivity index (χ0n) is 12.0. The minimum absolute atomic E-state index is 0.0901. The summed E-state index contributed by atoms with van der Waals surface area (Å²) in [5.74, 6) is -0.198. The van der Waals surface area contributed by atoms with Gasteiger partial charge in [-0.25, -0.2) is 15.0 Å². The van der Waals surface area contributed by atoms with Crippen LogP contribution in [0.15, 0.2) is 24.8 Å². The Morgan fingerprint density at radius 2 is 2.14 bits per heavy atom. The monoisotopic (exact) mass is 301 g/mol. The van der Waals surface area contributed by atoms with Crippen molar-refractivity contribution in [1.82, 2.24) is 24.8 Å². The van der Waals surface area contributed by atoms with Crippen LogP contribution >= 0.6 is 11.3 Å². The topological polar surface area (TPSA) is 72.7 Å². The number of amides is 1. The van der Waals surface area contributed by atoms with E-state index in [-0.39, 0.29) is 11.9 Å². The Morgan fingerprint density at radius 3 is 2.86 bits per heavy atom. The molecule has 0 aliphatic carbocycles. The van der Waals surface area contributed by atoms with E-state index in [0.29, 0.717) is 5.69 Å². The summed E-state index contributed by atoms with van der Waals surface area (Å²) in [7, 11) is 1.89. The predicted molar refractivity (Wildman–Crippen MR) is 81.2 cm³/mol. The standard InChI is InChI=1S/C14H15N5OS/c1-8(13-6-15-9(2)21-13)18-14(20)10-4-12-11(5-16-10)17-7-19(12)3/h4-8H,1-3H3,(H,18,20). The summed E-state index contributed by atoms with van der Waals surface area (Å²) < 4.78 is 1.86. The minimum Gasteiger partial charge on any atom is -0.343 e. The number of rotatable bonds is 3. The highest BCUT2D eigenvalue weighted by Gasteiger charge is 2.15. The number of carbonyl (C=O) groups is 1. The van der Waals surface area contributed by atoms with Crippen LogP contribution in [0.25, 0.3) is 11.0 Å². The molecule has 0 saturated carbocycles. The Labute approximate surface area is 125 Å². The van der Waals surface area contributed by atoms with Crippen LogP contribution in [-0.2, 0) is 7.05 Å². The summed E-state index contributed by atoms with van der Waals surface area (Å²) in [5.41, 5.74) is 2.05. The van der Waals surface area contributed by atoms with Crippen molar-refractivity contribution in [1.29, 1.82) is 0 Å². The largest absolute Gasteiger partial charge is 0.343 e. The van der Waals surface area contributed by atoms with Crippen LogP contribution in [0.5, 0.6) is 0 Å². The van der Waals surface area contributed by atoms with Crippen molar-refractivity contribution < 1.29 is 4.79 Å². The molecule has 6 nitrogen and oxygen atoms in total. The highest BCUT2D eigenvalue weighted by atomic mass is 32.1. The average Bonchev–Trinajstić information content (AvgIpc) is 3.05. The molecule has 0 saturated heterocycles. The van der Waals surface area contributed by atoms with Crippen molar-refractivity contribution in [2.24, 2.45) is 7.05 Å². The number of pyridine rings is 1. The molecule has 0 aliphatic heterocycles. The molecule has 0 radical (unpaired) electrons. The Balaban J connectivity index is 1.81. The van der Waals surface area contributed by atoms with E-state index in [1.807, 2.05) is 25.5 Å². The maximum atomic E-state index is 12.3. The molecule has 1 atom stereocenters. The zero-order valence-corrected chi connectivity index (χ0v) is 12.8. The van der Waals surface area contributed by atoms with Crippen molar-refractivity contribution in [3.05, 3.63) is 40.4 Å². The Morgan fingerprint density at radius 1 is 1.33 bits per heavy atom. The van der Waals surface area contributed by atoms with Gasteiger partial charge < -0.3 is 9.88 Å². The third-order valence-electron chi connectivity index (χ3n) is 3.26. The van der Waals surface area contributed by atoms with Gasteiger partial charge in [-0.05, 0) is 19.9 Å². The van der Waals surface area contributed by atoms with Crippen molar-refractivity contribution in [3.63, 3.8) is 0 Å². The maximum Gasteiger partial charge on any atom is 0.270 e. The van der Waals surface area contributed by atoms with E-state index in [9.17, 15) is 4.79 Å². The second-order valence-electron chi connectivity index (χ2n) is 4.89. The SMILES string of the molecule is Cc1ncc(C(C)NC(=O)c2cc3c(cn2)ncn3C)s1. The molecule has 3 heterocycles. The van der Waals surface area contributed by atoms with E-state index in [0.717, 1.165) is 20.9 Å². The molecule has 3 aromatic heterocycles. The lowest BCUT2D eigenvalue weighted by Gasteiger charge is -2.11. The van der Waals surface area contributed by atoms with Gasteiger partial charge in [0.05, 0.1) is 29.1 Å². The number of aryl methyl sites for hydroxylation is 2. The average molecular weight is 301 g/mol. The molecule has 3 aromatic rings.